The van der Waals surface area contributed by atoms with Gasteiger partial charge in [0.15, 0.2) is 0 Å². The van der Waals surface area contributed by atoms with Crippen molar-refractivity contribution in [2.75, 3.05) is 12.3 Å². The van der Waals surface area contributed by atoms with Crippen molar-refractivity contribution in [3.63, 3.8) is 0 Å². The largest absolute Gasteiger partial charge is 0.349 e. The monoisotopic (exact) mass is 348 g/mol. The average Bonchev–Trinajstić information content (AvgIpc) is 2.88. The summed E-state index contributed by atoms with van der Waals surface area (Å²) in [5, 5.41) is 3.87. The summed E-state index contributed by atoms with van der Waals surface area (Å²) in [6, 6.07) is 7.74. The van der Waals surface area contributed by atoms with Crippen LogP contribution in [0.5, 0.6) is 0 Å². The number of rotatable bonds is 6. The average molecular weight is 349 g/mol. The van der Waals surface area contributed by atoms with Gasteiger partial charge in [0.25, 0.3) is 0 Å². The molecule has 1 fully saturated rings. The molecule has 1 aromatic rings. The summed E-state index contributed by atoms with van der Waals surface area (Å²) >= 11 is 7.54. The SMILES string of the molecule is Cl.NCC1(NC(=O)CSCc2cccc(Cl)c2)CCCC1. The lowest BCUT2D eigenvalue weighted by molar-refractivity contribution is -0.120. The Morgan fingerprint density at radius 1 is 1.38 bits per heavy atom. The number of carbonyl (C=O) groups is 1. The normalized spacial score (nSPS) is 16.3. The summed E-state index contributed by atoms with van der Waals surface area (Å²) in [7, 11) is 0. The molecule has 3 nitrogen and oxygen atoms in total. The van der Waals surface area contributed by atoms with Crippen LogP contribution in [-0.4, -0.2) is 23.7 Å². The Bertz CT molecular complexity index is 465. The van der Waals surface area contributed by atoms with E-state index in [-0.39, 0.29) is 23.9 Å². The van der Waals surface area contributed by atoms with Crippen molar-refractivity contribution >= 4 is 41.7 Å². The van der Waals surface area contributed by atoms with E-state index in [1.54, 1.807) is 11.8 Å². The first-order valence-corrected chi connectivity index (χ1v) is 8.50. The highest BCUT2D eigenvalue weighted by molar-refractivity contribution is 7.99. The highest BCUT2D eigenvalue weighted by Crippen LogP contribution is 2.28. The molecular weight excluding hydrogens is 327 g/mol. The van der Waals surface area contributed by atoms with Gasteiger partial charge in [-0.15, -0.1) is 24.2 Å². The zero-order valence-corrected chi connectivity index (χ0v) is 14.3. The molecule has 1 aliphatic rings. The maximum atomic E-state index is 12.0. The lowest BCUT2D eigenvalue weighted by Gasteiger charge is -2.28. The number of amides is 1. The van der Waals surface area contributed by atoms with E-state index in [0.29, 0.717) is 12.3 Å². The van der Waals surface area contributed by atoms with Gasteiger partial charge in [0, 0.05) is 17.3 Å². The van der Waals surface area contributed by atoms with E-state index < -0.39 is 0 Å². The third kappa shape index (κ3) is 5.70. The van der Waals surface area contributed by atoms with Crippen molar-refractivity contribution in [3.05, 3.63) is 34.9 Å². The highest BCUT2D eigenvalue weighted by atomic mass is 35.5. The summed E-state index contributed by atoms with van der Waals surface area (Å²) in [5.74, 6) is 1.35. The van der Waals surface area contributed by atoms with Crippen molar-refractivity contribution < 1.29 is 4.79 Å². The zero-order chi connectivity index (χ0) is 14.4. The fourth-order valence-electron chi connectivity index (χ4n) is 2.65. The molecule has 0 bridgehead atoms. The Hall–Kier alpha value is -0.420. The van der Waals surface area contributed by atoms with Gasteiger partial charge in [-0.05, 0) is 30.5 Å². The summed E-state index contributed by atoms with van der Waals surface area (Å²) in [4.78, 5) is 12.0. The molecule has 1 aliphatic carbocycles. The molecule has 0 aromatic heterocycles. The second kappa shape index (κ2) is 8.89. The van der Waals surface area contributed by atoms with Gasteiger partial charge in [-0.1, -0.05) is 36.6 Å². The Morgan fingerprint density at radius 3 is 2.71 bits per heavy atom. The topological polar surface area (TPSA) is 55.1 Å². The third-order valence-electron chi connectivity index (χ3n) is 3.75. The van der Waals surface area contributed by atoms with Gasteiger partial charge in [0.2, 0.25) is 5.91 Å². The van der Waals surface area contributed by atoms with Crippen molar-refractivity contribution in [3.8, 4) is 0 Å². The molecule has 1 amide bonds. The van der Waals surface area contributed by atoms with Crippen molar-refractivity contribution in [2.24, 2.45) is 5.73 Å². The molecule has 0 heterocycles. The summed E-state index contributed by atoms with van der Waals surface area (Å²) in [6.45, 7) is 0.539. The number of nitrogens with one attached hydrogen (secondary N) is 1. The Morgan fingerprint density at radius 2 is 2.10 bits per heavy atom. The Labute approximate surface area is 141 Å². The number of benzene rings is 1. The van der Waals surface area contributed by atoms with Gasteiger partial charge in [-0.25, -0.2) is 0 Å². The van der Waals surface area contributed by atoms with Crippen molar-refractivity contribution in [1.29, 1.82) is 0 Å². The molecule has 0 atom stereocenters. The number of nitrogens with two attached hydrogens (primary N) is 1. The van der Waals surface area contributed by atoms with E-state index >= 15 is 0 Å². The second-order valence-corrected chi connectivity index (χ2v) is 6.78. The van der Waals surface area contributed by atoms with Crippen LogP contribution in [0.15, 0.2) is 24.3 Å². The van der Waals surface area contributed by atoms with Crippen LogP contribution in [0.3, 0.4) is 0 Å². The van der Waals surface area contributed by atoms with Crippen molar-refractivity contribution in [1.82, 2.24) is 5.32 Å². The molecule has 2 rings (SSSR count). The van der Waals surface area contributed by atoms with Gasteiger partial charge < -0.3 is 11.1 Å². The number of halogens is 2. The van der Waals surface area contributed by atoms with Gasteiger partial charge in [0.1, 0.15) is 0 Å². The van der Waals surface area contributed by atoms with Gasteiger partial charge in [0.05, 0.1) is 11.3 Å². The number of carbonyl (C=O) groups excluding carboxylic acids is 1. The quantitative estimate of drug-likeness (QED) is 0.828. The van der Waals surface area contributed by atoms with Crippen LogP contribution in [0.4, 0.5) is 0 Å². The molecule has 6 heteroatoms. The third-order valence-corrected chi connectivity index (χ3v) is 4.99. The van der Waals surface area contributed by atoms with Crippen LogP contribution in [0, 0.1) is 0 Å². The van der Waals surface area contributed by atoms with Crippen LogP contribution in [0.1, 0.15) is 31.2 Å². The molecule has 0 unspecified atom stereocenters. The number of hydrogen-bond donors (Lipinski definition) is 2. The number of hydrogen-bond acceptors (Lipinski definition) is 3. The lowest BCUT2D eigenvalue weighted by atomic mass is 9.98. The molecule has 3 N–H and O–H groups in total. The fourth-order valence-corrected chi connectivity index (χ4v) is 3.64. The van der Waals surface area contributed by atoms with Gasteiger partial charge in [-0.2, -0.15) is 0 Å². The van der Waals surface area contributed by atoms with E-state index in [1.165, 1.54) is 0 Å². The first kappa shape index (κ1) is 18.6. The minimum Gasteiger partial charge on any atom is -0.349 e. The molecule has 118 valence electrons. The first-order valence-electron chi connectivity index (χ1n) is 6.97. The Balaban J connectivity index is 0.00000220. The summed E-state index contributed by atoms with van der Waals surface area (Å²) in [6.07, 6.45) is 4.34. The molecule has 1 aromatic carbocycles. The molecule has 0 radical (unpaired) electrons. The van der Waals surface area contributed by atoms with Crippen LogP contribution in [0.25, 0.3) is 0 Å². The van der Waals surface area contributed by atoms with E-state index in [0.717, 1.165) is 42.0 Å². The van der Waals surface area contributed by atoms with Crippen LogP contribution < -0.4 is 11.1 Å². The predicted octanol–water partition coefficient (Wildman–Crippen LogP) is 3.38. The first-order chi connectivity index (χ1) is 9.63. The predicted molar refractivity (Wildman–Crippen MR) is 93.3 cm³/mol. The van der Waals surface area contributed by atoms with E-state index in [4.69, 9.17) is 17.3 Å². The highest BCUT2D eigenvalue weighted by Gasteiger charge is 2.33. The molecule has 0 spiro atoms. The van der Waals surface area contributed by atoms with Gasteiger partial charge in [-0.3, -0.25) is 4.79 Å². The van der Waals surface area contributed by atoms with E-state index in [1.807, 2.05) is 24.3 Å². The molecular formula is C15H22Cl2N2OS. The van der Waals surface area contributed by atoms with Crippen LogP contribution >= 0.6 is 35.8 Å². The Kier molecular flexibility index (Phi) is 7.88. The van der Waals surface area contributed by atoms with Crippen LogP contribution in [-0.2, 0) is 10.5 Å². The zero-order valence-electron chi connectivity index (χ0n) is 11.9. The number of thioether (sulfide) groups is 1. The summed E-state index contributed by atoms with van der Waals surface area (Å²) in [5.41, 5.74) is 6.82. The maximum absolute atomic E-state index is 12.0. The molecule has 0 saturated heterocycles. The minimum absolute atomic E-state index is 0. The maximum Gasteiger partial charge on any atom is 0.230 e. The second-order valence-electron chi connectivity index (χ2n) is 5.36. The standard InChI is InChI=1S/C15H21ClN2OS.ClH/c16-13-5-3-4-12(8-13)9-20-10-14(19)18-15(11-17)6-1-2-7-15;/h3-5,8H,1-2,6-7,9-11,17H2,(H,18,19);1H. The van der Waals surface area contributed by atoms with E-state index in [2.05, 4.69) is 5.32 Å². The van der Waals surface area contributed by atoms with Crippen molar-refractivity contribution in [2.45, 2.75) is 37.0 Å². The van der Waals surface area contributed by atoms with Gasteiger partial charge >= 0.3 is 0 Å². The lowest BCUT2D eigenvalue weighted by Crippen LogP contribution is -2.52. The fraction of sp³-hybridized carbons (Fsp3) is 0.533. The molecule has 1 saturated carbocycles. The molecule has 0 aliphatic heterocycles. The summed E-state index contributed by atoms with van der Waals surface area (Å²) < 4.78 is 0. The van der Waals surface area contributed by atoms with E-state index in [9.17, 15) is 4.79 Å². The smallest absolute Gasteiger partial charge is 0.230 e. The molecule has 21 heavy (non-hydrogen) atoms. The van der Waals surface area contributed by atoms with Crippen LogP contribution in [0.2, 0.25) is 5.02 Å². The minimum atomic E-state index is -0.145.